The van der Waals surface area contributed by atoms with Crippen molar-refractivity contribution in [3.63, 3.8) is 0 Å². The maximum Gasteiger partial charge on any atom is 0.244 e. The molecule has 0 spiro atoms. The summed E-state index contributed by atoms with van der Waals surface area (Å²) in [5, 5.41) is 3.33. The predicted octanol–water partition coefficient (Wildman–Crippen LogP) is 5.43. The average Bonchev–Trinajstić information content (AvgIpc) is 2.68. The second-order valence-corrected chi connectivity index (χ2v) is 6.47. The van der Waals surface area contributed by atoms with Crippen molar-refractivity contribution in [3.05, 3.63) is 95.0 Å². The number of rotatable bonds is 5. The molecule has 1 atom stereocenters. The minimum absolute atomic E-state index is 0.206. The molecular formula is C22H18ClFN2O. The maximum absolute atomic E-state index is 13.6. The van der Waals surface area contributed by atoms with Gasteiger partial charge >= 0.3 is 0 Å². The Morgan fingerprint density at radius 1 is 1.11 bits per heavy atom. The van der Waals surface area contributed by atoms with Crippen LogP contribution in [-0.4, -0.2) is 10.9 Å². The van der Waals surface area contributed by atoms with E-state index in [2.05, 4.69) is 10.3 Å². The van der Waals surface area contributed by atoms with E-state index in [1.807, 2.05) is 37.3 Å². The Kier molecular flexibility index (Phi) is 5.99. The second kappa shape index (κ2) is 8.60. The van der Waals surface area contributed by atoms with Crippen LogP contribution in [-0.2, 0) is 4.79 Å². The number of nitrogens with zero attached hydrogens (tertiary/aromatic N) is 1. The molecule has 1 N–H and O–H groups in total. The first-order valence-electron chi connectivity index (χ1n) is 8.48. The number of aromatic nitrogens is 1. The molecule has 1 heterocycles. The van der Waals surface area contributed by atoms with Crippen molar-refractivity contribution in [3.8, 4) is 11.1 Å². The van der Waals surface area contributed by atoms with Crippen LogP contribution in [0.15, 0.2) is 72.9 Å². The van der Waals surface area contributed by atoms with Crippen LogP contribution in [0.2, 0.25) is 5.15 Å². The topological polar surface area (TPSA) is 42.0 Å². The molecule has 0 saturated heterocycles. The predicted molar refractivity (Wildman–Crippen MR) is 107 cm³/mol. The lowest BCUT2D eigenvalue weighted by atomic mass is 10.0. The number of hydrogen-bond acceptors (Lipinski definition) is 2. The fourth-order valence-electron chi connectivity index (χ4n) is 2.65. The molecule has 1 amide bonds. The van der Waals surface area contributed by atoms with Gasteiger partial charge in [0, 0.05) is 23.4 Å². The van der Waals surface area contributed by atoms with E-state index in [-0.39, 0.29) is 17.8 Å². The van der Waals surface area contributed by atoms with E-state index in [1.54, 1.807) is 30.5 Å². The Bertz CT molecular complexity index is 970. The van der Waals surface area contributed by atoms with Gasteiger partial charge in [0.1, 0.15) is 11.0 Å². The fourth-order valence-corrected chi connectivity index (χ4v) is 2.77. The molecule has 0 bridgehead atoms. The van der Waals surface area contributed by atoms with Gasteiger partial charge in [-0.1, -0.05) is 48.0 Å². The molecule has 27 heavy (non-hydrogen) atoms. The molecule has 3 rings (SSSR count). The van der Waals surface area contributed by atoms with Gasteiger partial charge in [-0.3, -0.25) is 4.79 Å². The Morgan fingerprint density at radius 3 is 2.67 bits per heavy atom. The van der Waals surface area contributed by atoms with Gasteiger partial charge in [0.05, 0.1) is 6.04 Å². The smallest absolute Gasteiger partial charge is 0.244 e. The molecule has 0 fully saturated rings. The number of benzene rings is 2. The molecule has 0 aliphatic rings. The average molecular weight is 381 g/mol. The van der Waals surface area contributed by atoms with Crippen molar-refractivity contribution in [1.82, 2.24) is 10.3 Å². The summed E-state index contributed by atoms with van der Waals surface area (Å²) in [7, 11) is 0. The SMILES string of the molecule is C[C@H](NC(=O)/C=C\c1ccccc1F)c1cccc(-c2ccc(Cl)nc2)c1. The highest BCUT2D eigenvalue weighted by Crippen LogP contribution is 2.23. The normalized spacial score (nSPS) is 12.1. The third-order valence-electron chi connectivity index (χ3n) is 4.13. The standard InChI is InChI=1S/C22H18ClFN2O/c1-15(26-22(27)12-10-16-5-2-3-8-20(16)24)17-6-4-7-18(13-17)19-9-11-21(23)25-14-19/h2-15H,1H3,(H,26,27)/b12-10-/t15-/m0/s1. The summed E-state index contributed by atoms with van der Waals surface area (Å²) in [4.78, 5) is 16.3. The highest BCUT2D eigenvalue weighted by Gasteiger charge is 2.09. The van der Waals surface area contributed by atoms with E-state index in [0.717, 1.165) is 16.7 Å². The summed E-state index contributed by atoms with van der Waals surface area (Å²) < 4.78 is 13.6. The quantitative estimate of drug-likeness (QED) is 0.473. The highest BCUT2D eigenvalue weighted by atomic mass is 35.5. The van der Waals surface area contributed by atoms with Gasteiger partial charge in [0.2, 0.25) is 5.91 Å². The van der Waals surface area contributed by atoms with E-state index >= 15 is 0 Å². The first-order valence-corrected chi connectivity index (χ1v) is 8.86. The monoisotopic (exact) mass is 380 g/mol. The van der Waals surface area contributed by atoms with Crippen molar-refractivity contribution >= 4 is 23.6 Å². The molecule has 2 aromatic carbocycles. The van der Waals surface area contributed by atoms with Crippen LogP contribution in [0.25, 0.3) is 17.2 Å². The van der Waals surface area contributed by atoms with Crippen LogP contribution in [0.5, 0.6) is 0 Å². The Labute approximate surface area is 162 Å². The van der Waals surface area contributed by atoms with Crippen LogP contribution >= 0.6 is 11.6 Å². The lowest BCUT2D eigenvalue weighted by Crippen LogP contribution is -2.24. The Morgan fingerprint density at radius 2 is 1.93 bits per heavy atom. The summed E-state index contributed by atoms with van der Waals surface area (Å²) in [6.45, 7) is 1.90. The van der Waals surface area contributed by atoms with Gasteiger partial charge in [-0.05, 0) is 48.4 Å². The number of amides is 1. The molecule has 1 aromatic heterocycles. The van der Waals surface area contributed by atoms with Gasteiger partial charge in [-0.25, -0.2) is 9.37 Å². The Hall–Kier alpha value is -2.98. The van der Waals surface area contributed by atoms with Crippen LogP contribution in [0.1, 0.15) is 24.1 Å². The van der Waals surface area contributed by atoms with Crippen LogP contribution in [0.3, 0.4) is 0 Å². The molecule has 0 aliphatic heterocycles. The zero-order valence-electron chi connectivity index (χ0n) is 14.7. The molecule has 3 aromatic rings. The van der Waals surface area contributed by atoms with E-state index in [1.165, 1.54) is 18.2 Å². The fraction of sp³-hybridized carbons (Fsp3) is 0.0909. The van der Waals surface area contributed by atoms with Crippen LogP contribution in [0, 0.1) is 5.82 Å². The first-order chi connectivity index (χ1) is 13.0. The molecule has 0 radical (unpaired) electrons. The largest absolute Gasteiger partial charge is 0.346 e. The molecule has 0 saturated carbocycles. The van der Waals surface area contributed by atoms with Crippen LogP contribution in [0.4, 0.5) is 4.39 Å². The third-order valence-corrected chi connectivity index (χ3v) is 4.35. The first kappa shape index (κ1) is 18.8. The zero-order valence-corrected chi connectivity index (χ0v) is 15.5. The molecule has 5 heteroatoms. The van der Waals surface area contributed by atoms with Crippen molar-refractivity contribution in [2.75, 3.05) is 0 Å². The third kappa shape index (κ3) is 5.02. The van der Waals surface area contributed by atoms with E-state index < -0.39 is 0 Å². The van der Waals surface area contributed by atoms with Gasteiger partial charge in [0.15, 0.2) is 0 Å². The van der Waals surface area contributed by atoms with Gasteiger partial charge in [-0.2, -0.15) is 0 Å². The van der Waals surface area contributed by atoms with Gasteiger partial charge < -0.3 is 5.32 Å². The lowest BCUT2D eigenvalue weighted by Gasteiger charge is -2.14. The summed E-state index contributed by atoms with van der Waals surface area (Å²) in [6.07, 6.45) is 4.51. The number of halogens is 2. The summed E-state index contributed by atoms with van der Waals surface area (Å²) in [5.74, 6) is -0.650. The van der Waals surface area contributed by atoms with Gasteiger partial charge in [0.25, 0.3) is 0 Å². The van der Waals surface area contributed by atoms with Crippen molar-refractivity contribution in [2.24, 2.45) is 0 Å². The number of pyridine rings is 1. The molecule has 136 valence electrons. The molecule has 0 unspecified atom stereocenters. The molecule has 3 nitrogen and oxygen atoms in total. The molecule has 0 aliphatic carbocycles. The summed E-state index contributed by atoms with van der Waals surface area (Å²) in [6, 6.07) is 17.6. The minimum Gasteiger partial charge on any atom is -0.346 e. The number of carbonyl (C=O) groups is 1. The van der Waals surface area contributed by atoms with Crippen molar-refractivity contribution < 1.29 is 9.18 Å². The van der Waals surface area contributed by atoms with Crippen LogP contribution < -0.4 is 5.32 Å². The molecular weight excluding hydrogens is 363 g/mol. The van der Waals surface area contributed by atoms with E-state index in [0.29, 0.717) is 10.7 Å². The highest BCUT2D eigenvalue weighted by molar-refractivity contribution is 6.29. The Balaban J connectivity index is 1.70. The van der Waals surface area contributed by atoms with Crippen molar-refractivity contribution in [2.45, 2.75) is 13.0 Å². The number of carbonyl (C=O) groups excluding carboxylic acids is 1. The summed E-state index contributed by atoms with van der Waals surface area (Å²) in [5.41, 5.74) is 3.26. The second-order valence-electron chi connectivity index (χ2n) is 6.08. The maximum atomic E-state index is 13.6. The van der Waals surface area contributed by atoms with Crippen molar-refractivity contribution in [1.29, 1.82) is 0 Å². The van der Waals surface area contributed by atoms with E-state index in [4.69, 9.17) is 11.6 Å². The summed E-state index contributed by atoms with van der Waals surface area (Å²) >= 11 is 5.83. The lowest BCUT2D eigenvalue weighted by molar-refractivity contribution is -0.117. The number of hydrogen-bond donors (Lipinski definition) is 1. The van der Waals surface area contributed by atoms with E-state index in [9.17, 15) is 9.18 Å². The minimum atomic E-state index is -0.362. The number of nitrogens with one attached hydrogen (secondary N) is 1. The zero-order chi connectivity index (χ0) is 19.2. The van der Waals surface area contributed by atoms with Gasteiger partial charge in [-0.15, -0.1) is 0 Å².